The number of benzene rings is 1. The fraction of sp³-hybridized carbons (Fsp3) is 0.0769. The van der Waals surface area contributed by atoms with E-state index in [2.05, 4.69) is 4.98 Å². The van der Waals surface area contributed by atoms with Gasteiger partial charge in [-0.3, -0.25) is 4.79 Å². The van der Waals surface area contributed by atoms with Crippen LogP contribution < -0.4 is 0 Å². The molecule has 0 atom stereocenters. The Labute approximate surface area is 97.9 Å². The summed E-state index contributed by atoms with van der Waals surface area (Å²) in [5.41, 5.74) is 1.90. The number of rotatable bonds is 3. The van der Waals surface area contributed by atoms with Crippen molar-refractivity contribution in [3.63, 3.8) is 0 Å². The molecule has 0 aliphatic rings. The number of carbonyl (C=O) groups excluding carboxylic acids is 1. The van der Waals surface area contributed by atoms with Crippen LogP contribution in [-0.2, 0) is 0 Å². The number of hydrogen-bond acceptors (Lipinski definition) is 2. The maximum absolute atomic E-state index is 12.0. The van der Waals surface area contributed by atoms with Crippen molar-refractivity contribution in [1.82, 2.24) is 4.98 Å². The molecule has 4 heteroatoms. The van der Waals surface area contributed by atoms with Crippen molar-refractivity contribution >= 4 is 11.8 Å². The van der Waals surface area contributed by atoms with Crippen LogP contribution in [0.4, 0.5) is 0 Å². The number of aryl methyl sites for hydroxylation is 1. The highest BCUT2D eigenvalue weighted by molar-refractivity contribution is 6.08. The van der Waals surface area contributed by atoms with Gasteiger partial charge in [0.2, 0.25) is 5.78 Å². The second-order valence-electron chi connectivity index (χ2n) is 3.81. The van der Waals surface area contributed by atoms with Gasteiger partial charge in [-0.15, -0.1) is 0 Å². The van der Waals surface area contributed by atoms with Crippen LogP contribution in [0.2, 0.25) is 0 Å². The standard InChI is InChI=1S/C13H11NO3/c1-8-3-2-4-9(5-8)12(15)11-6-10(7-14-11)13(16)17/h2-7,14H,1H3,(H,16,17). The van der Waals surface area contributed by atoms with Crippen LogP contribution in [0.25, 0.3) is 0 Å². The molecule has 0 saturated heterocycles. The molecule has 2 N–H and O–H groups in total. The van der Waals surface area contributed by atoms with Crippen molar-refractivity contribution in [3.8, 4) is 0 Å². The minimum atomic E-state index is -1.05. The van der Waals surface area contributed by atoms with Gasteiger partial charge in [-0.2, -0.15) is 0 Å². The first-order valence-electron chi connectivity index (χ1n) is 5.11. The van der Waals surface area contributed by atoms with E-state index >= 15 is 0 Å². The number of H-pyrrole nitrogens is 1. The SMILES string of the molecule is Cc1cccc(C(=O)c2cc(C(=O)O)c[nH]2)c1. The molecule has 86 valence electrons. The second-order valence-corrected chi connectivity index (χ2v) is 3.81. The Morgan fingerprint density at radius 3 is 2.53 bits per heavy atom. The van der Waals surface area contributed by atoms with Crippen LogP contribution in [0.15, 0.2) is 36.5 Å². The monoisotopic (exact) mass is 229 g/mol. The van der Waals surface area contributed by atoms with Crippen LogP contribution in [0.1, 0.15) is 32.0 Å². The van der Waals surface area contributed by atoms with E-state index in [0.29, 0.717) is 5.56 Å². The van der Waals surface area contributed by atoms with E-state index in [1.807, 2.05) is 13.0 Å². The highest BCUT2D eigenvalue weighted by atomic mass is 16.4. The smallest absolute Gasteiger partial charge is 0.337 e. The minimum absolute atomic E-state index is 0.0843. The molecule has 0 fully saturated rings. The highest BCUT2D eigenvalue weighted by Crippen LogP contribution is 2.12. The molecular formula is C13H11NO3. The summed E-state index contributed by atoms with van der Waals surface area (Å²) in [5, 5.41) is 8.76. The Balaban J connectivity index is 2.34. The molecule has 1 aromatic carbocycles. The molecule has 0 saturated carbocycles. The maximum Gasteiger partial charge on any atom is 0.337 e. The number of ketones is 1. The molecule has 4 nitrogen and oxygen atoms in total. The van der Waals surface area contributed by atoms with Gasteiger partial charge >= 0.3 is 5.97 Å². The van der Waals surface area contributed by atoms with E-state index in [1.165, 1.54) is 12.3 Å². The average molecular weight is 229 g/mol. The Morgan fingerprint density at radius 2 is 1.94 bits per heavy atom. The van der Waals surface area contributed by atoms with Gasteiger partial charge in [0, 0.05) is 11.8 Å². The molecule has 0 aliphatic heterocycles. The third kappa shape index (κ3) is 2.25. The summed E-state index contributed by atoms with van der Waals surface area (Å²) in [5.74, 6) is -1.26. The van der Waals surface area contributed by atoms with Crippen molar-refractivity contribution in [3.05, 3.63) is 58.9 Å². The van der Waals surface area contributed by atoms with Crippen molar-refractivity contribution in [1.29, 1.82) is 0 Å². The molecule has 0 unspecified atom stereocenters. The van der Waals surface area contributed by atoms with Crippen LogP contribution >= 0.6 is 0 Å². The van der Waals surface area contributed by atoms with Crippen LogP contribution in [0.5, 0.6) is 0 Å². The number of nitrogens with one attached hydrogen (secondary N) is 1. The van der Waals surface area contributed by atoms with Gasteiger partial charge in [0.05, 0.1) is 11.3 Å². The molecule has 2 rings (SSSR count). The molecule has 0 radical (unpaired) electrons. The van der Waals surface area contributed by atoms with E-state index in [0.717, 1.165) is 5.56 Å². The fourth-order valence-electron chi connectivity index (χ4n) is 1.59. The van der Waals surface area contributed by atoms with Crippen LogP contribution in [0.3, 0.4) is 0 Å². The number of aromatic amines is 1. The summed E-state index contributed by atoms with van der Waals surface area (Å²) in [6.45, 7) is 1.90. The van der Waals surface area contributed by atoms with E-state index in [-0.39, 0.29) is 17.0 Å². The lowest BCUT2D eigenvalue weighted by molar-refractivity contribution is 0.0697. The fourth-order valence-corrected chi connectivity index (χ4v) is 1.59. The van der Waals surface area contributed by atoms with Crippen molar-refractivity contribution < 1.29 is 14.7 Å². The third-order valence-corrected chi connectivity index (χ3v) is 2.45. The Hall–Kier alpha value is -2.36. The molecule has 0 spiro atoms. The minimum Gasteiger partial charge on any atom is -0.478 e. The number of carboxylic acid groups (broad SMARTS) is 1. The zero-order valence-electron chi connectivity index (χ0n) is 9.23. The van der Waals surface area contributed by atoms with E-state index in [1.54, 1.807) is 18.2 Å². The van der Waals surface area contributed by atoms with E-state index < -0.39 is 5.97 Å². The molecule has 0 amide bonds. The lowest BCUT2D eigenvalue weighted by Gasteiger charge is -1.99. The Kier molecular flexibility index (Phi) is 2.78. The summed E-state index contributed by atoms with van der Waals surface area (Å²) in [6.07, 6.45) is 1.31. The van der Waals surface area contributed by atoms with Crippen LogP contribution in [-0.4, -0.2) is 21.8 Å². The lowest BCUT2D eigenvalue weighted by Crippen LogP contribution is -2.01. The average Bonchev–Trinajstić information content (AvgIpc) is 2.77. The summed E-state index contributed by atoms with van der Waals surface area (Å²) in [6, 6.07) is 8.50. The molecule has 17 heavy (non-hydrogen) atoms. The number of carbonyl (C=O) groups is 2. The van der Waals surface area contributed by atoms with Gasteiger partial charge in [-0.25, -0.2) is 4.79 Å². The summed E-state index contributed by atoms with van der Waals surface area (Å²) < 4.78 is 0. The predicted octanol–water partition coefficient (Wildman–Crippen LogP) is 2.25. The predicted molar refractivity (Wildman–Crippen MR) is 62.4 cm³/mol. The number of hydrogen-bond donors (Lipinski definition) is 2. The van der Waals surface area contributed by atoms with Crippen molar-refractivity contribution in [2.45, 2.75) is 6.92 Å². The quantitative estimate of drug-likeness (QED) is 0.793. The Morgan fingerprint density at radius 1 is 1.18 bits per heavy atom. The van der Waals surface area contributed by atoms with Crippen molar-refractivity contribution in [2.75, 3.05) is 0 Å². The van der Waals surface area contributed by atoms with Gasteiger partial charge in [0.15, 0.2) is 0 Å². The lowest BCUT2D eigenvalue weighted by atomic mass is 10.1. The largest absolute Gasteiger partial charge is 0.478 e. The molecule has 0 bridgehead atoms. The zero-order valence-corrected chi connectivity index (χ0v) is 9.23. The number of aromatic nitrogens is 1. The first kappa shape index (κ1) is 11.1. The topological polar surface area (TPSA) is 70.2 Å². The van der Waals surface area contributed by atoms with Crippen molar-refractivity contribution in [2.24, 2.45) is 0 Å². The van der Waals surface area contributed by atoms with Crippen LogP contribution in [0, 0.1) is 6.92 Å². The van der Waals surface area contributed by atoms with Gasteiger partial charge in [-0.1, -0.05) is 23.8 Å². The third-order valence-electron chi connectivity index (χ3n) is 2.45. The Bertz CT molecular complexity index is 584. The summed E-state index contributed by atoms with van der Waals surface area (Å²) in [7, 11) is 0. The van der Waals surface area contributed by atoms with E-state index in [4.69, 9.17) is 5.11 Å². The number of aromatic carboxylic acids is 1. The van der Waals surface area contributed by atoms with Gasteiger partial charge < -0.3 is 10.1 Å². The first-order chi connectivity index (χ1) is 8.08. The molecule has 1 heterocycles. The van der Waals surface area contributed by atoms with E-state index in [9.17, 15) is 9.59 Å². The molecular weight excluding hydrogens is 218 g/mol. The highest BCUT2D eigenvalue weighted by Gasteiger charge is 2.13. The first-order valence-corrected chi connectivity index (χ1v) is 5.11. The molecule has 0 aliphatic carbocycles. The maximum atomic E-state index is 12.0. The summed E-state index contributed by atoms with van der Waals surface area (Å²) >= 11 is 0. The molecule has 2 aromatic rings. The number of carboxylic acids is 1. The van der Waals surface area contributed by atoms with Gasteiger partial charge in [0.25, 0.3) is 0 Å². The summed E-state index contributed by atoms with van der Waals surface area (Å²) in [4.78, 5) is 25.4. The van der Waals surface area contributed by atoms with Gasteiger partial charge in [0.1, 0.15) is 0 Å². The second kappa shape index (κ2) is 4.25. The molecule has 1 aromatic heterocycles. The zero-order chi connectivity index (χ0) is 12.4. The normalized spacial score (nSPS) is 10.2. The van der Waals surface area contributed by atoms with Gasteiger partial charge in [-0.05, 0) is 19.1 Å².